The van der Waals surface area contributed by atoms with Crippen molar-refractivity contribution in [2.45, 2.75) is 38.6 Å². The van der Waals surface area contributed by atoms with Crippen LogP contribution in [0.15, 0.2) is 18.2 Å². The number of hydrogen-bond acceptors (Lipinski definition) is 2. The number of piperidine rings is 1. The fourth-order valence-electron chi connectivity index (χ4n) is 2.71. The van der Waals surface area contributed by atoms with Gasteiger partial charge in [0, 0.05) is 18.2 Å². The van der Waals surface area contributed by atoms with Gasteiger partial charge in [0.05, 0.1) is 6.42 Å². The van der Waals surface area contributed by atoms with Crippen molar-refractivity contribution in [3.63, 3.8) is 0 Å². The van der Waals surface area contributed by atoms with Gasteiger partial charge < -0.3 is 10.0 Å². The molecule has 1 fully saturated rings. The van der Waals surface area contributed by atoms with Crippen LogP contribution in [0.25, 0.3) is 0 Å². The number of aliphatic carboxylic acids is 1. The molecular formula is C15H18FNO3. The fraction of sp³-hybridized carbons (Fsp3) is 0.467. The SMILES string of the molecule is Cc1cc(F)cc(C(=O)N2CCCC[C@H]2CC(=O)O)c1. The first-order chi connectivity index (χ1) is 9.47. The highest BCUT2D eigenvalue weighted by atomic mass is 19.1. The zero-order valence-corrected chi connectivity index (χ0v) is 11.4. The first-order valence-corrected chi connectivity index (χ1v) is 6.77. The average Bonchev–Trinajstić information content (AvgIpc) is 2.36. The Morgan fingerprint density at radius 1 is 1.35 bits per heavy atom. The summed E-state index contributed by atoms with van der Waals surface area (Å²) >= 11 is 0. The molecule has 0 bridgehead atoms. The van der Waals surface area contributed by atoms with Crippen LogP contribution in [0.1, 0.15) is 41.6 Å². The number of nitrogens with zero attached hydrogens (tertiary/aromatic N) is 1. The summed E-state index contributed by atoms with van der Waals surface area (Å²) in [6, 6.07) is 3.92. The quantitative estimate of drug-likeness (QED) is 0.925. The molecule has 1 aromatic carbocycles. The molecule has 2 rings (SSSR count). The van der Waals surface area contributed by atoms with Crippen molar-refractivity contribution in [1.82, 2.24) is 4.90 Å². The summed E-state index contributed by atoms with van der Waals surface area (Å²) in [5, 5.41) is 8.93. The van der Waals surface area contributed by atoms with E-state index in [4.69, 9.17) is 5.11 Å². The van der Waals surface area contributed by atoms with Crippen LogP contribution in [-0.2, 0) is 4.79 Å². The standard InChI is InChI=1S/C15H18FNO3/c1-10-6-11(8-12(16)7-10)15(20)17-5-3-2-4-13(17)9-14(18)19/h6-8,13H,2-5,9H2,1H3,(H,18,19)/t13-/m0/s1. The number of halogens is 1. The van der Waals surface area contributed by atoms with Gasteiger partial charge in [-0.2, -0.15) is 0 Å². The number of benzene rings is 1. The Bertz CT molecular complexity index is 510. The molecule has 0 aromatic heterocycles. The minimum atomic E-state index is -0.912. The Morgan fingerprint density at radius 3 is 2.75 bits per heavy atom. The highest BCUT2D eigenvalue weighted by molar-refractivity contribution is 5.95. The van der Waals surface area contributed by atoms with E-state index in [0.717, 1.165) is 12.8 Å². The van der Waals surface area contributed by atoms with Crippen molar-refractivity contribution in [3.8, 4) is 0 Å². The molecule has 0 unspecified atom stereocenters. The third-order valence-electron chi connectivity index (χ3n) is 3.59. The second-order valence-corrected chi connectivity index (χ2v) is 5.26. The van der Waals surface area contributed by atoms with E-state index in [0.29, 0.717) is 24.1 Å². The zero-order valence-electron chi connectivity index (χ0n) is 11.4. The molecule has 1 atom stereocenters. The van der Waals surface area contributed by atoms with Gasteiger partial charge in [-0.3, -0.25) is 9.59 Å². The van der Waals surface area contributed by atoms with Crippen molar-refractivity contribution in [2.24, 2.45) is 0 Å². The minimum absolute atomic E-state index is 0.0555. The number of carboxylic acid groups (broad SMARTS) is 1. The number of rotatable bonds is 3. The maximum Gasteiger partial charge on any atom is 0.305 e. The van der Waals surface area contributed by atoms with E-state index in [9.17, 15) is 14.0 Å². The third kappa shape index (κ3) is 3.35. The van der Waals surface area contributed by atoms with Crippen molar-refractivity contribution in [2.75, 3.05) is 6.54 Å². The first kappa shape index (κ1) is 14.5. The molecule has 1 aliphatic heterocycles. The molecule has 20 heavy (non-hydrogen) atoms. The van der Waals surface area contributed by atoms with Crippen molar-refractivity contribution in [3.05, 3.63) is 35.1 Å². The van der Waals surface area contributed by atoms with Gasteiger partial charge in [-0.05, 0) is 49.9 Å². The highest BCUT2D eigenvalue weighted by Crippen LogP contribution is 2.22. The van der Waals surface area contributed by atoms with Crippen molar-refractivity contribution >= 4 is 11.9 Å². The number of aryl methyl sites for hydroxylation is 1. The Balaban J connectivity index is 2.22. The van der Waals surface area contributed by atoms with Crippen LogP contribution in [0.4, 0.5) is 4.39 Å². The molecule has 0 spiro atoms. The Hall–Kier alpha value is -1.91. The van der Waals surface area contributed by atoms with E-state index in [1.807, 2.05) is 0 Å². The number of carbonyl (C=O) groups is 2. The van der Waals surface area contributed by atoms with E-state index >= 15 is 0 Å². The van der Waals surface area contributed by atoms with Crippen LogP contribution in [-0.4, -0.2) is 34.5 Å². The van der Waals surface area contributed by atoms with Gasteiger partial charge in [0.25, 0.3) is 5.91 Å². The Labute approximate surface area is 117 Å². The Kier molecular flexibility index (Phi) is 4.37. The van der Waals surface area contributed by atoms with Crippen molar-refractivity contribution < 1.29 is 19.1 Å². The zero-order chi connectivity index (χ0) is 14.7. The highest BCUT2D eigenvalue weighted by Gasteiger charge is 2.29. The van der Waals surface area contributed by atoms with E-state index in [1.165, 1.54) is 12.1 Å². The molecule has 5 heteroatoms. The van der Waals surface area contributed by atoms with Crippen LogP contribution >= 0.6 is 0 Å². The molecule has 4 nitrogen and oxygen atoms in total. The van der Waals surface area contributed by atoms with Gasteiger partial charge in [0.2, 0.25) is 0 Å². The monoisotopic (exact) mass is 279 g/mol. The predicted molar refractivity (Wildman–Crippen MR) is 72.1 cm³/mol. The second kappa shape index (κ2) is 6.03. The molecule has 0 saturated carbocycles. The molecule has 0 aliphatic carbocycles. The van der Waals surface area contributed by atoms with Crippen LogP contribution in [0.5, 0.6) is 0 Å². The van der Waals surface area contributed by atoms with Crippen LogP contribution in [0.3, 0.4) is 0 Å². The van der Waals surface area contributed by atoms with Gasteiger partial charge in [-0.1, -0.05) is 0 Å². The average molecular weight is 279 g/mol. The lowest BCUT2D eigenvalue weighted by molar-refractivity contribution is -0.138. The molecular weight excluding hydrogens is 261 g/mol. The van der Waals surface area contributed by atoms with E-state index in [2.05, 4.69) is 0 Å². The topological polar surface area (TPSA) is 57.6 Å². The van der Waals surface area contributed by atoms with Gasteiger partial charge in [-0.15, -0.1) is 0 Å². The van der Waals surface area contributed by atoms with Crippen molar-refractivity contribution in [1.29, 1.82) is 0 Å². The lowest BCUT2D eigenvalue weighted by Gasteiger charge is -2.35. The molecule has 0 radical (unpaired) electrons. The molecule has 108 valence electrons. The summed E-state index contributed by atoms with van der Waals surface area (Å²) < 4.78 is 13.4. The smallest absolute Gasteiger partial charge is 0.305 e. The lowest BCUT2D eigenvalue weighted by Crippen LogP contribution is -2.44. The minimum Gasteiger partial charge on any atom is -0.481 e. The molecule has 1 saturated heterocycles. The van der Waals surface area contributed by atoms with Crippen LogP contribution in [0.2, 0.25) is 0 Å². The maximum absolute atomic E-state index is 13.4. The maximum atomic E-state index is 13.4. The fourth-order valence-corrected chi connectivity index (χ4v) is 2.71. The summed E-state index contributed by atoms with van der Waals surface area (Å²) in [5.74, 6) is -1.64. The number of carbonyl (C=O) groups excluding carboxylic acids is 1. The predicted octanol–water partition coefficient (Wildman–Crippen LogP) is 2.60. The number of likely N-dealkylation sites (tertiary alicyclic amines) is 1. The largest absolute Gasteiger partial charge is 0.481 e. The molecule has 1 N–H and O–H groups in total. The van der Waals surface area contributed by atoms with Gasteiger partial charge >= 0.3 is 5.97 Å². The summed E-state index contributed by atoms with van der Waals surface area (Å²) in [4.78, 5) is 24.9. The summed E-state index contributed by atoms with van der Waals surface area (Å²) in [6.07, 6.45) is 2.41. The van der Waals surface area contributed by atoms with Gasteiger partial charge in [0.1, 0.15) is 5.82 Å². The van der Waals surface area contributed by atoms with E-state index in [1.54, 1.807) is 17.9 Å². The lowest BCUT2D eigenvalue weighted by atomic mass is 9.98. The number of hydrogen-bond donors (Lipinski definition) is 1. The summed E-state index contributed by atoms with van der Waals surface area (Å²) in [7, 11) is 0. The molecule has 1 amide bonds. The first-order valence-electron chi connectivity index (χ1n) is 6.77. The van der Waals surface area contributed by atoms with Gasteiger partial charge in [-0.25, -0.2) is 4.39 Å². The van der Waals surface area contributed by atoms with Crippen LogP contribution in [0, 0.1) is 12.7 Å². The third-order valence-corrected chi connectivity index (χ3v) is 3.59. The number of carboxylic acids is 1. The molecule has 1 heterocycles. The normalized spacial score (nSPS) is 18.9. The second-order valence-electron chi connectivity index (χ2n) is 5.26. The molecule has 1 aliphatic rings. The summed E-state index contributed by atoms with van der Waals surface area (Å²) in [5.41, 5.74) is 0.972. The van der Waals surface area contributed by atoms with Crippen LogP contribution < -0.4 is 0 Å². The van der Waals surface area contributed by atoms with E-state index < -0.39 is 11.8 Å². The number of amides is 1. The summed E-state index contributed by atoms with van der Waals surface area (Å²) in [6.45, 7) is 2.26. The van der Waals surface area contributed by atoms with Gasteiger partial charge in [0.15, 0.2) is 0 Å². The molecule has 1 aromatic rings. The van der Waals surface area contributed by atoms with E-state index in [-0.39, 0.29) is 18.4 Å². The Morgan fingerprint density at radius 2 is 2.10 bits per heavy atom.